The molecule has 2 N–H and O–H groups in total. The zero-order valence-corrected chi connectivity index (χ0v) is 17.0. The fourth-order valence-corrected chi connectivity index (χ4v) is 3.22. The Morgan fingerprint density at radius 1 is 1.06 bits per heavy atom. The standard InChI is InChI=1S/C22H20N8O2/c31-21(13-29-14-23-18(12-22(29)32)15-2-3-15)26-17-6-4-16(5-7-17)25-19-8-9-20(28-27-19)30-11-1-10-24-30/h1,4-12,14-15H,2-3,13H2,(H,25,27)(H,26,31). The van der Waals surface area contributed by atoms with Gasteiger partial charge in [0.1, 0.15) is 6.54 Å². The van der Waals surface area contributed by atoms with E-state index in [2.05, 4.69) is 30.9 Å². The van der Waals surface area contributed by atoms with E-state index >= 15 is 0 Å². The van der Waals surface area contributed by atoms with Crippen LogP contribution in [0.15, 0.2) is 72.0 Å². The number of benzene rings is 1. The van der Waals surface area contributed by atoms with Crippen molar-refractivity contribution in [2.24, 2.45) is 0 Å². The van der Waals surface area contributed by atoms with Crippen LogP contribution in [0, 0.1) is 0 Å². The van der Waals surface area contributed by atoms with E-state index in [0.29, 0.717) is 23.2 Å². The minimum absolute atomic E-state index is 0.0883. The minimum atomic E-state index is -0.297. The topological polar surface area (TPSA) is 120 Å². The van der Waals surface area contributed by atoms with Gasteiger partial charge in [0.05, 0.1) is 12.0 Å². The van der Waals surface area contributed by atoms with Crippen LogP contribution in [0.4, 0.5) is 17.2 Å². The van der Waals surface area contributed by atoms with Gasteiger partial charge in [-0.2, -0.15) is 5.10 Å². The van der Waals surface area contributed by atoms with Gasteiger partial charge >= 0.3 is 0 Å². The lowest BCUT2D eigenvalue weighted by molar-refractivity contribution is -0.116. The molecule has 0 aliphatic heterocycles. The molecule has 1 aliphatic carbocycles. The first-order valence-electron chi connectivity index (χ1n) is 10.2. The number of carbonyl (C=O) groups excluding carboxylic acids is 1. The van der Waals surface area contributed by atoms with Gasteiger partial charge in [-0.05, 0) is 55.3 Å². The zero-order chi connectivity index (χ0) is 21.9. The summed E-state index contributed by atoms with van der Waals surface area (Å²) < 4.78 is 2.93. The van der Waals surface area contributed by atoms with Gasteiger partial charge in [0, 0.05) is 35.8 Å². The van der Waals surface area contributed by atoms with E-state index in [0.717, 1.165) is 24.2 Å². The molecule has 0 bridgehead atoms. The molecule has 1 fully saturated rings. The van der Waals surface area contributed by atoms with E-state index < -0.39 is 0 Å². The predicted octanol–water partition coefficient (Wildman–Crippen LogP) is 2.48. The number of nitrogens with zero attached hydrogens (tertiary/aromatic N) is 6. The maximum Gasteiger partial charge on any atom is 0.254 e. The Bertz CT molecular complexity index is 1280. The number of hydrogen-bond donors (Lipinski definition) is 2. The lowest BCUT2D eigenvalue weighted by Gasteiger charge is -2.09. The van der Waals surface area contributed by atoms with Crippen molar-refractivity contribution in [1.82, 2.24) is 29.5 Å². The number of anilines is 3. The fourth-order valence-electron chi connectivity index (χ4n) is 3.22. The highest BCUT2D eigenvalue weighted by Crippen LogP contribution is 2.38. The van der Waals surface area contributed by atoms with E-state index in [9.17, 15) is 9.59 Å². The van der Waals surface area contributed by atoms with Crippen LogP contribution in [0.3, 0.4) is 0 Å². The minimum Gasteiger partial charge on any atom is -0.339 e. The van der Waals surface area contributed by atoms with E-state index in [1.54, 1.807) is 35.3 Å². The first-order chi connectivity index (χ1) is 15.6. The summed E-state index contributed by atoms with van der Waals surface area (Å²) in [5.74, 6) is 1.31. The molecule has 1 saturated carbocycles. The van der Waals surface area contributed by atoms with Gasteiger partial charge in [0.15, 0.2) is 11.6 Å². The summed E-state index contributed by atoms with van der Waals surface area (Å²) in [6.45, 7) is -0.0883. The van der Waals surface area contributed by atoms with Crippen LogP contribution in [-0.2, 0) is 11.3 Å². The molecule has 1 amide bonds. The largest absolute Gasteiger partial charge is 0.339 e. The molecule has 5 rings (SSSR count). The van der Waals surface area contributed by atoms with Gasteiger partial charge in [-0.3, -0.25) is 14.2 Å². The third-order valence-electron chi connectivity index (χ3n) is 5.04. The van der Waals surface area contributed by atoms with Gasteiger partial charge < -0.3 is 10.6 Å². The summed E-state index contributed by atoms with van der Waals surface area (Å²) in [5, 5.41) is 18.3. The molecule has 0 spiro atoms. The Labute approximate surface area is 183 Å². The molecule has 10 nitrogen and oxygen atoms in total. The van der Waals surface area contributed by atoms with E-state index in [1.807, 2.05) is 24.3 Å². The fraction of sp³-hybridized carbons (Fsp3) is 0.182. The van der Waals surface area contributed by atoms with Gasteiger partial charge in [0.25, 0.3) is 5.56 Å². The number of carbonyl (C=O) groups is 1. The monoisotopic (exact) mass is 428 g/mol. The van der Waals surface area contributed by atoms with E-state index in [4.69, 9.17) is 0 Å². The second-order valence-electron chi connectivity index (χ2n) is 7.53. The number of rotatable bonds is 7. The molecule has 0 saturated heterocycles. The summed E-state index contributed by atoms with van der Waals surface area (Å²) >= 11 is 0. The molecular weight excluding hydrogens is 408 g/mol. The molecule has 1 aliphatic rings. The number of hydrogen-bond acceptors (Lipinski definition) is 7. The van der Waals surface area contributed by atoms with Crippen molar-refractivity contribution in [1.29, 1.82) is 0 Å². The summed E-state index contributed by atoms with van der Waals surface area (Å²) in [6, 6.07) is 14.1. The van der Waals surface area contributed by atoms with Crippen molar-refractivity contribution >= 4 is 23.1 Å². The van der Waals surface area contributed by atoms with Crippen LogP contribution < -0.4 is 16.2 Å². The number of amides is 1. The third kappa shape index (κ3) is 4.53. The van der Waals surface area contributed by atoms with Gasteiger partial charge in [-0.25, -0.2) is 9.67 Å². The van der Waals surface area contributed by atoms with Crippen LogP contribution in [0.5, 0.6) is 0 Å². The molecule has 3 aromatic heterocycles. The van der Waals surface area contributed by atoms with Crippen molar-refractivity contribution < 1.29 is 4.79 Å². The lowest BCUT2D eigenvalue weighted by atomic mass is 10.2. The Hall–Kier alpha value is -4.34. The average molecular weight is 428 g/mol. The van der Waals surface area contributed by atoms with Gasteiger partial charge in [-0.15, -0.1) is 10.2 Å². The van der Waals surface area contributed by atoms with Crippen LogP contribution in [0.25, 0.3) is 5.82 Å². The van der Waals surface area contributed by atoms with Crippen LogP contribution in [0.1, 0.15) is 24.5 Å². The molecule has 0 unspecified atom stereocenters. The van der Waals surface area contributed by atoms with E-state index in [1.165, 1.54) is 17.0 Å². The smallest absolute Gasteiger partial charge is 0.254 e. The third-order valence-corrected chi connectivity index (χ3v) is 5.04. The Kier molecular flexibility index (Phi) is 5.16. The van der Waals surface area contributed by atoms with Gasteiger partial charge in [0.2, 0.25) is 5.91 Å². The van der Waals surface area contributed by atoms with Crippen LogP contribution >= 0.6 is 0 Å². The summed E-state index contributed by atoms with van der Waals surface area (Å²) in [6.07, 6.45) is 7.06. The van der Waals surface area contributed by atoms with Crippen molar-refractivity contribution in [3.8, 4) is 5.82 Å². The maximum absolute atomic E-state index is 12.3. The SMILES string of the molecule is O=C(Cn1cnc(C2CC2)cc1=O)Nc1ccc(Nc2ccc(-n3cccn3)nn2)cc1. The predicted molar refractivity (Wildman–Crippen MR) is 118 cm³/mol. The zero-order valence-electron chi connectivity index (χ0n) is 17.0. The normalized spacial score (nSPS) is 13.0. The summed E-state index contributed by atoms with van der Waals surface area (Å²) in [4.78, 5) is 28.8. The summed E-state index contributed by atoms with van der Waals surface area (Å²) in [7, 11) is 0. The number of aromatic nitrogens is 6. The quantitative estimate of drug-likeness (QED) is 0.464. The highest BCUT2D eigenvalue weighted by atomic mass is 16.2. The van der Waals surface area contributed by atoms with Crippen molar-refractivity contribution in [3.63, 3.8) is 0 Å². The lowest BCUT2D eigenvalue weighted by Crippen LogP contribution is -2.27. The second kappa shape index (κ2) is 8.42. The second-order valence-corrected chi connectivity index (χ2v) is 7.53. The highest BCUT2D eigenvalue weighted by molar-refractivity contribution is 5.90. The molecule has 1 aromatic carbocycles. The van der Waals surface area contributed by atoms with Crippen molar-refractivity contribution in [3.05, 3.63) is 83.3 Å². The molecule has 160 valence electrons. The van der Waals surface area contributed by atoms with Crippen molar-refractivity contribution in [2.75, 3.05) is 10.6 Å². The molecule has 32 heavy (non-hydrogen) atoms. The summed E-state index contributed by atoms with van der Waals surface area (Å²) in [5.41, 5.74) is 2.02. The van der Waals surface area contributed by atoms with E-state index in [-0.39, 0.29) is 18.0 Å². The average Bonchev–Trinajstić information content (AvgIpc) is 3.51. The Morgan fingerprint density at radius 2 is 1.88 bits per heavy atom. The van der Waals surface area contributed by atoms with Crippen LogP contribution in [-0.4, -0.2) is 35.4 Å². The molecule has 0 radical (unpaired) electrons. The first-order valence-corrected chi connectivity index (χ1v) is 10.2. The first kappa shape index (κ1) is 19.6. The Balaban J connectivity index is 1.17. The molecule has 10 heteroatoms. The van der Waals surface area contributed by atoms with Gasteiger partial charge in [-0.1, -0.05) is 0 Å². The maximum atomic E-state index is 12.3. The van der Waals surface area contributed by atoms with Crippen molar-refractivity contribution in [2.45, 2.75) is 25.3 Å². The van der Waals surface area contributed by atoms with Crippen LogP contribution in [0.2, 0.25) is 0 Å². The molecular formula is C22H20N8O2. The molecule has 0 atom stereocenters. The molecule has 3 heterocycles. The Morgan fingerprint density at radius 3 is 2.53 bits per heavy atom. The molecule has 4 aromatic rings. The number of nitrogens with one attached hydrogen (secondary N) is 2. The highest BCUT2D eigenvalue weighted by Gasteiger charge is 2.25.